The molecule has 1 spiro atoms. The first-order chi connectivity index (χ1) is 18.4. The van der Waals surface area contributed by atoms with Crippen LogP contribution in [-0.4, -0.2) is 26.5 Å². The van der Waals surface area contributed by atoms with Gasteiger partial charge in [0.25, 0.3) is 5.79 Å². The van der Waals surface area contributed by atoms with Crippen molar-refractivity contribution < 1.29 is 28.2 Å². The van der Waals surface area contributed by atoms with E-state index in [4.69, 9.17) is 39.8 Å². The Kier molecular flexibility index (Phi) is 4.07. The quantitative estimate of drug-likeness (QED) is 0.305. The third-order valence-electron chi connectivity index (χ3n) is 8.90. The molecule has 192 valence electrons. The molecular formula is C30H24ClNO6. The van der Waals surface area contributed by atoms with Crippen LogP contribution in [0.5, 0.6) is 23.0 Å². The summed E-state index contributed by atoms with van der Waals surface area (Å²) in [6.07, 6.45) is 0.712. The molecule has 0 bridgehead atoms. The van der Waals surface area contributed by atoms with E-state index in [2.05, 4.69) is 24.7 Å². The van der Waals surface area contributed by atoms with Crippen LogP contribution in [-0.2, 0) is 22.4 Å². The van der Waals surface area contributed by atoms with Crippen molar-refractivity contribution >= 4 is 22.4 Å². The number of rotatable bonds is 3. The van der Waals surface area contributed by atoms with Crippen LogP contribution in [0.4, 0.5) is 0 Å². The largest absolute Gasteiger partial charge is 0.496 e. The van der Waals surface area contributed by atoms with Gasteiger partial charge in [-0.1, -0.05) is 48.5 Å². The highest BCUT2D eigenvalue weighted by Gasteiger charge is 2.79. The number of allylic oxidation sites excluding steroid dienone is 1. The fraction of sp³-hybridized carbons (Fsp3) is 0.300. The van der Waals surface area contributed by atoms with Gasteiger partial charge >= 0.3 is 0 Å². The van der Waals surface area contributed by atoms with Crippen LogP contribution in [0.3, 0.4) is 0 Å². The number of nitrogens with zero attached hydrogens (tertiary/aromatic N) is 1. The van der Waals surface area contributed by atoms with Gasteiger partial charge in [0.2, 0.25) is 0 Å². The second kappa shape index (κ2) is 6.97. The summed E-state index contributed by atoms with van der Waals surface area (Å²) in [6, 6.07) is 11.8. The summed E-state index contributed by atoms with van der Waals surface area (Å²) >= 11 is 6.71. The molecule has 2 aliphatic carbocycles. The molecule has 4 aromatic rings. The van der Waals surface area contributed by atoms with Gasteiger partial charge in [-0.25, -0.2) is 0 Å². The van der Waals surface area contributed by atoms with E-state index in [9.17, 15) is 0 Å². The van der Waals surface area contributed by atoms with Gasteiger partial charge in [-0.2, -0.15) is 0 Å². The predicted octanol–water partition coefficient (Wildman–Crippen LogP) is 6.37. The molecule has 1 fully saturated rings. The second-order valence-corrected chi connectivity index (χ2v) is 10.8. The number of methoxy groups -OCH3 is 3. The minimum Gasteiger partial charge on any atom is -0.496 e. The molecule has 1 saturated heterocycles. The second-order valence-electron chi connectivity index (χ2n) is 10.4. The standard InChI is InChI=1S/C30H24ClNO6/c1-13-11-21-25-26(32-38-21)23-16(7-6-8-19(23)33-3)30-29(25,24(13)14(2)36-30)17-10-9-15-20(34-4)12-18(31)28(35-5)22(15)27(17)37-30/h6-10,12-13,24H,2,11H2,1,3-5H3/t13-,24-,29+,30+/m1/s1. The lowest BCUT2D eigenvalue weighted by molar-refractivity contribution is -0.155. The number of halogens is 1. The van der Waals surface area contributed by atoms with E-state index in [1.807, 2.05) is 24.3 Å². The lowest BCUT2D eigenvalue weighted by Gasteiger charge is -2.46. The summed E-state index contributed by atoms with van der Waals surface area (Å²) in [5.74, 6) is 2.79. The van der Waals surface area contributed by atoms with Gasteiger partial charge in [0.05, 0.1) is 48.6 Å². The van der Waals surface area contributed by atoms with Crippen LogP contribution in [0.15, 0.2) is 53.3 Å². The zero-order valence-electron chi connectivity index (χ0n) is 21.3. The first-order valence-corrected chi connectivity index (χ1v) is 12.9. The Morgan fingerprint density at radius 3 is 2.61 bits per heavy atom. The highest BCUT2D eigenvalue weighted by molar-refractivity contribution is 6.34. The molecule has 8 rings (SSSR count). The van der Waals surface area contributed by atoms with Gasteiger partial charge in [-0.15, -0.1) is 0 Å². The van der Waals surface area contributed by atoms with Gasteiger partial charge in [0.15, 0.2) is 0 Å². The monoisotopic (exact) mass is 529 g/mol. The summed E-state index contributed by atoms with van der Waals surface area (Å²) in [4.78, 5) is 0. The molecule has 38 heavy (non-hydrogen) atoms. The van der Waals surface area contributed by atoms with E-state index in [0.717, 1.165) is 44.5 Å². The van der Waals surface area contributed by atoms with Crippen LogP contribution in [0.1, 0.15) is 29.4 Å². The number of benzene rings is 3. The van der Waals surface area contributed by atoms with E-state index in [0.29, 0.717) is 40.2 Å². The number of aromatic nitrogens is 1. The topological polar surface area (TPSA) is 72.2 Å². The highest BCUT2D eigenvalue weighted by atomic mass is 35.5. The molecule has 8 heteroatoms. The molecule has 7 nitrogen and oxygen atoms in total. The highest BCUT2D eigenvalue weighted by Crippen LogP contribution is 2.76. The predicted molar refractivity (Wildman–Crippen MR) is 140 cm³/mol. The van der Waals surface area contributed by atoms with Crippen molar-refractivity contribution in [3.8, 4) is 34.3 Å². The van der Waals surface area contributed by atoms with Crippen LogP contribution >= 0.6 is 11.6 Å². The Morgan fingerprint density at radius 1 is 1.03 bits per heavy atom. The Bertz CT molecular complexity index is 1740. The number of hydrogen-bond donors (Lipinski definition) is 0. The summed E-state index contributed by atoms with van der Waals surface area (Å²) in [5.41, 5.74) is 3.53. The van der Waals surface area contributed by atoms with Gasteiger partial charge < -0.3 is 28.2 Å². The van der Waals surface area contributed by atoms with E-state index >= 15 is 0 Å². The van der Waals surface area contributed by atoms with E-state index in [1.54, 1.807) is 27.4 Å². The van der Waals surface area contributed by atoms with Crippen molar-refractivity contribution in [2.75, 3.05) is 21.3 Å². The molecule has 0 saturated carbocycles. The fourth-order valence-corrected chi connectivity index (χ4v) is 8.00. The normalized spacial score (nSPS) is 27.1. The molecular weight excluding hydrogens is 506 g/mol. The minimum absolute atomic E-state index is 0.0849. The van der Waals surface area contributed by atoms with Crippen molar-refractivity contribution in [2.24, 2.45) is 11.8 Å². The maximum atomic E-state index is 7.15. The van der Waals surface area contributed by atoms with Crippen molar-refractivity contribution in [1.29, 1.82) is 0 Å². The average Bonchev–Trinajstić information content (AvgIpc) is 3.54. The Labute approximate surface area is 223 Å². The zero-order chi connectivity index (χ0) is 26.1. The van der Waals surface area contributed by atoms with Crippen LogP contribution < -0.4 is 18.9 Å². The average molecular weight is 530 g/mol. The zero-order valence-corrected chi connectivity index (χ0v) is 22.1. The Morgan fingerprint density at radius 2 is 1.84 bits per heavy atom. The van der Waals surface area contributed by atoms with Gasteiger partial charge in [-0.05, 0) is 18.1 Å². The number of hydrogen-bond acceptors (Lipinski definition) is 7. The van der Waals surface area contributed by atoms with Crippen molar-refractivity contribution in [3.05, 3.63) is 76.2 Å². The molecule has 0 radical (unpaired) electrons. The maximum absolute atomic E-state index is 7.15. The number of fused-ring (bicyclic) bond motifs is 5. The summed E-state index contributed by atoms with van der Waals surface area (Å²) in [7, 11) is 4.88. The third kappa shape index (κ3) is 2.13. The van der Waals surface area contributed by atoms with Gasteiger partial charge in [-0.3, -0.25) is 0 Å². The molecule has 2 aliphatic heterocycles. The molecule has 0 amide bonds. The van der Waals surface area contributed by atoms with Gasteiger partial charge in [0, 0.05) is 34.9 Å². The van der Waals surface area contributed by atoms with Crippen molar-refractivity contribution in [2.45, 2.75) is 24.5 Å². The molecule has 0 unspecified atom stereocenters. The first-order valence-electron chi connectivity index (χ1n) is 12.5. The van der Waals surface area contributed by atoms with Crippen LogP contribution in [0, 0.1) is 11.8 Å². The van der Waals surface area contributed by atoms with E-state index < -0.39 is 11.2 Å². The molecule has 0 N–H and O–H groups in total. The van der Waals surface area contributed by atoms with Crippen molar-refractivity contribution in [1.82, 2.24) is 5.16 Å². The molecule has 4 atom stereocenters. The third-order valence-corrected chi connectivity index (χ3v) is 9.18. The summed E-state index contributed by atoms with van der Waals surface area (Å²) in [6.45, 7) is 6.62. The maximum Gasteiger partial charge on any atom is 0.293 e. The SMILES string of the molecule is C=C1O[C@@]23Oc4c(ccc5c(OC)cc(Cl)c(OC)c45)[C@]24c2c(noc2C[C@@H](C)[C@H]14)-c1c(OC)cccc13. The Hall–Kier alpha value is -3.84. The smallest absolute Gasteiger partial charge is 0.293 e. The Balaban J connectivity index is 1.60. The first kappa shape index (κ1) is 22.2. The lowest BCUT2D eigenvalue weighted by atomic mass is 9.52. The fourth-order valence-electron chi connectivity index (χ4n) is 7.73. The minimum atomic E-state index is -1.25. The molecule has 1 aromatic heterocycles. The van der Waals surface area contributed by atoms with Crippen LogP contribution in [0.25, 0.3) is 22.0 Å². The van der Waals surface area contributed by atoms with E-state index in [1.165, 1.54) is 0 Å². The molecule has 3 aromatic carbocycles. The summed E-state index contributed by atoms with van der Waals surface area (Å²) in [5, 5.41) is 6.61. The molecule has 3 heterocycles. The summed E-state index contributed by atoms with van der Waals surface area (Å²) < 4.78 is 37.5. The van der Waals surface area contributed by atoms with Gasteiger partial charge in [0.1, 0.15) is 39.9 Å². The van der Waals surface area contributed by atoms with Crippen molar-refractivity contribution in [3.63, 3.8) is 0 Å². The van der Waals surface area contributed by atoms with E-state index in [-0.39, 0.29) is 11.8 Å². The van der Waals surface area contributed by atoms with Crippen LogP contribution in [0.2, 0.25) is 5.02 Å². The number of ether oxygens (including phenoxy) is 5. The molecule has 4 aliphatic rings. The lowest BCUT2D eigenvalue weighted by Crippen LogP contribution is -2.55.